The van der Waals surface area contributed by atoms with Gasteiger partial charge in [-0.3, -0.25) is 0 Å². The third kappa shape index (κ3) is 2.96. The third-order valence-electron chi connectivity index (χ3n) is 3.27. The van der Waals surface area contributed by atoms with E-state index in [1.165, 1.54) is 15.8 Å². The van der Waals surface area contributed by atoms with Gasteiger partial charge in [0.25, 0.3) is 0 Å². The number of primary amides is 1. The Balaban J connectivity index is 2.29. The number of fused-ring (bicyclic) bond motifs is 1. The number of amides is 2. The molecule has 2 aromatic carbocycles. The highest BCUT2D eigenvalue weighted by Crippen LogP contribution is 2.24. The van der Waals surface area contributed by atoms with Crippen molar-refractivity contribution < 1.29 is 9.53 Å². The molecule has 0 saturated carbocycles. The molecule has 19 heavy (non-hydrogen) atoms. The lowest BCUT2D eigenvalue weighted by Crippen LogP contribution is -2.33. The predicted molar refractivity (Wildman–Crippen MR) is 76.4 cm³/mol. The number of rotatable bonds is 4. The molecule has 0 aliphatic rings. The van der Waals surface area contributed by atoms with E-state index in [0.29, 0.717) is 6.54 Å². The first-order valence-corrected chi connectivity index (χ1v) is 6.18. The maximum atomic E-state index is 11.0. The summed E-state index contributed by atoms with van der Waals surface area (Å²) in [5, 5.41) is 2.32. The molecule has 4 nitrogen and oxygen atoms in total. The summed E-state index contributed by atoms with van der Waals surface area (Å²) in [5.41, 5.74) is 6.41. The van der Waals surface area contributed by atoms with Crippen LogP contribution in [0.3, 0.4) is 0 Å². The lowest BCUT2D eigenvalue weighted by Gasteiger charge is -2.15. The Morgan fingerprint density at radius 1 is 1.32 bits per heavy atom. The van der Waals surface area contributed by atoms with Gasteiger partial charge in [-0.25, -0.2) is 4.79 Å². The highest BCUT2D eigenvalue weighted by atomic mass is 16.5. The monoisotopic (exact) mass is 258 g/mol. The highest BCUT2D eigenvalue weighted by molar-refractivity contribution is 5.87. The first-order valence-electron chi connectivity index (χ1n) is 6.18. The van der Waals surface area contributed by atoms with Gasteiger partial charge in [-0.05, 0) is 34.9 Å². The molecule has 0 atom stereocenters. The van der Waals surface area contributed by atoms with Crippen molar-refractivity contribution in [1.82, 2.24) is 4.90 Å². The van der Waals surface area contributed by atoms with Crippen molar-refractivity contribution in [3.8, 4) is 5.75 Å². The van der Waals surface area contributed by atoms with Crippen LogP contribution in [0.25, 0.3) is 10.8 Å². The Hall–Kier alpha value is -2.23. The molecule has 2 amide bonds. The summed E-state index contributed by atoms with van der Waals surface area (Å²) in [6, 6.07) is 11.8. The van der Waals surface area contributed by atoms with Gasteiger partial charge < -0.3 is 15.4 Å². The van der Waals surface area contributed by atoms with E-state index in [-0.39, 0.29) is 0 Å². The molecule has 0 saturated heterocycles. The molecule has 0 aliphatic carbocycles. The number of carbonyl (C=O) groups is 1. The van der Waals surface area contributed by atoms with Crippen LogP contribution in [-0.2, 0) is 6.42 Å². The van der Waals surface area contributed by atoms with Gasteiger partial charge in [0, 0.05) is 13.6 Å². The molecule has 0 radical (unpaired) electrons. The van der Waals surface area contributed by atoms with Crippen molar-refractivity contribution in [2.45, 2.75) is 6.42 Å². The molecule has 0 bridgehead atoms. The number of carbonyl (C=O) groups excluding carboxylic acids is 1. The van der Waals surface area contributed by atoms with Gasteiger partial charge in [0.15, 0.2) is 0 Å². The fourth-order valence-corrected chi connectivity index (χ4v) is 2.06. The van der Waals surface area contributed by atoms with Crippen LogP contribution in [0.2, 0.25) is 0 Å². The van der Waals surface area contributed by atoms with Crippen LogP contribution in [0.4, 0.5) is 4.79 Å². The van der Waals surface area contributed by atoms with Gasteiger partial charge >= 0.3 is 6.03 Å². The van der Waals surface area contributed by atoms with Crippen LogP contribution in [0.1, 0.15) is 5.56 Å². The molecule has 100 valence electrons. The van der Waals surface area contributed by atoms with E-state index in [1.807, 2.05) is 24.3 Å². The second-order valence-corrected chi connectivity index (χ2v) is 4.51. The molecule has 0 heterocycles. The largest absolute Gasteiger partial charge is 0.497 e. The number of benzene rings is 2. The lowest BCUT2D eigenvalue weighted by atomic mass is 10.0. The zero-order valence-electron chi connectivity index (χ0n) is 11.2. The molecular weight excluding hydrogens is 240 g/mol. The van der Waals surface area contributed by atoms with E-state index in [4.69, 9.17) is 10.5 Å². The summed E-state index contributed by atoms with van der Waals surface area (Å²) in [4.78, 5) is 12.5. The van der Waals surface area contributed by atoms with Gasteiger partial charge in [0.2, 0.25) is 0 Å². The Morgan fingerprint density at radius 3 is 2.79 bits per heavy atom. The number of methoxy groups -OCH3 is 1. The molecule has 2 rings (SSSR count). The first-order chi connectivity index (χ1) is 9.11. The molecule has 4 heteroatoms. The van der Waals surface area contributed by atoms with E-state index in [2.05, 4.69) is 12.1 Å². The second kappa shape index (κ2) is 5.61. The molecule has 0 fully saturated rings. The average molecular weight is 258 g/mol. The standard InChI is InChI=1S/C15H18N2O2/c1-17(15(16)18)9-8-12-5-3-4-11-6-7-13(19-2)10-14(11)12/h3-7,10H,8-9H2,1-2H3,(H2,16,18). The molecule has 2 aromatic rings. The van der Waals surface area contributed by atoms with Crippen LogP contribution in [0.15, 0.2) is 36.4 Å². The third-order valence-corrected chi connectivity index (χ3v) is 3.27. The minimum atomic E-state index is -0.405. The van der Waals surface area contributed by atoms with Crippen molar-refractivity contribution in [2.75, 3.05) is 20.7 Å². The Bertz CT molecular complexity index is 596. The minimum Gasteiger partial charge on any atom is -0.497 e. The van der Waals surface area contributed by atoms with Gasteiger partial charge in [0.05, 0.1) is 7.11 Å². The van der Waals surface area contributed by atoms with Crippen LogP contribution < -0.4 is 10.5 Å². The molecular formula is C15H18N2O2. The van der Waals surface area contributed by atoms with Crippen LogP contribution in [0.5, 0.6) is 5.75 Å². The fraction of sp³-hybridized carbons (Fsp3) is 0.267. The lowest BCUT2D eigenvalue weighted by molar-refractivity contribution is 0.219. The zero-order valence-corrected chi connectivity index (χ0v) is 11.2. The summed E-state index contributed by atoms with van der Waals surface area (Å²) in [6.07, 6.45) is 0.768. The minimum absolute atomic E-state index is 0.405. The zero-order chi connectivity index (χ0) is 13.8. The van der Waals surface area contributed by atoms with Crippen LogP contribution in [0, 0.1) is 0 Å². The number of hydrogen-bond acceptors (Lipinski definition) is 2. The number of nitrogens with zero attached hydrogens (tertiary/aromatic N) is 1. The van der Waals surface area contributed by atoms with Crippen molar-refractivity contribution >= 4 is 16.8 Å². The average Bonchev–Trinajstić information content (AvgIpc) is 2.43. The molecule has 0 aromatic heterocycles. The summed E-state index contributed by atoms with van der Waals surface area (Å²) < 4.78 is 5.26. The maximum Gasteiger partial charge on any atom is 0.314 e. The van der Waals surface area contributed by atoms with Gasteiger partial charge in [-0.1, -0.05) is 24.3 Å². The number of hydrogen-bond donors (Lipinski definition) is 1. The smallest absolute Gasteiger partial charge is 0.314 e. The SMILES string of the molecule is COc1ccc2cccc(CCN(C)C(N)=O)c2c1. The predicted octanol–water partition coefficient (Wildman–Crippen LogP) is 2.40. The number of nitrogens with two attached hydrogens (primary N) is 1. The van der Waals surface area contributed by atoms with Crippen LogP contribution in [-0.4, -0.2) is 31.6 Å². The van der Waals surface area contributed by atoms with Crippen molar-refractivity contribution in [3.05, 3.63) is 42.0 Å². The van der Waals surface area contributed by atoms with Crippen molar-refractivity contribution in [2.24, 2.45) is 5.73 Å². The molecule has 0 unspecified atom stereocenters. The summed E-state index contributed by atoms with van der Waals surface area (Å²) in [7, 11) is 3.36. The van der Waals surface area contributed by atoms with Crippen molar-refractivity contribution in [1.29, 1.82) is 0 Å². The second-order valence-electron chi connectivity index (χ2n) is 4.51. The topological polar surface area (TPSA) is 55.6 Å². The Labute approximate surface area is 112 Å². The normalized spacial score (nSPS) is 10.4. The quantitative estimate of drug-likeness (QED) is 0.915. The van der Waals surface area contributed by atoms with E-state index < -0.39 is 6.03 Å². The Kier molecular flexibility index (Phi) is 3.90. The molecule has 0 spiro atoms. The Morgan fingerprint density at radius 2 is 2.11 bits per heavy atom. The number of likely N-dealkylation sites (N-methyl/N-ethyl adjacent to an activating group) is 1. The molecule has 2 N–H and O–H groups in total. The summed E-state index contributed by atoms with van der Waals surface area (Å²) in [5.74, 6) is 0.836. The van der Waals surface area contributed by atoms with E-state index >= 15 is 0 Å². The van der Waals surface area contributed by atoms with E-state index in [9.17, 15) is 4.79 Å². The number of urea groups is 1. The summed E-state index contributed by atoms with van der Waals surface area (Å²) >= 11 is 0. The van der Waals surface area contributed by atoms with Crippen LogP contribution >= 0.6 is 0 Å². The molecule has 0 aliphatic heterocycles. The first kappa shape index (κ1) is 13.2. The van der Waals surface area contributed by atoms with Gasteiger partial charge in [-0.15, -0.1) is 0 Å². The highest BCUT2D eigenvalue weighted by Gasteiger charge is 2.06. The fourth-order valence-electron chi connectivity index (χ4n) is 2.06. The number of ether oxygens (including phenoxy) is 1. The van der Waals surface area contributed by atoms with Gasteiger partial charge in [0.1, 0.15) is 5.75 Å². The summed E-state index contributed by atoms with van der Waals surface area (Å²) in [6.45, 7) is 0.603. The maximum absolute atomic E-state index is 11.0. The van der Waals surface area contributed by atoms with E-state index in [0.717, 1.165) is 17.6 Å². The van der Waals surface area contributed by atoms with Crippen molar-refractivity contribution in [3.63, 3.8) is 0 Å². The van der Waals surface area contributed by atoms with E-state index in [1.54, 1.807) is 14.2 Å². The van der Waals surface area contributed by atoms with Gasteiger partial charge in [-0.2, -0.15) is 0 Å².